The molecule has 0 aliphatic carbocycles. The third kappa shape index (κ3) is 1.19. The Morgan fingerprint density at radius 1 is 1.29 bits per heavy atom. The van der Waals surface area contributed by atoms with Crippen molar-refractivity contribution in [2.24, 2.45) is 7.05 Å². The number of ether oxygens (including phenoxy) is 1. The van der Waals surface area contributed by atoms with Crippen LogP contribution in [0.25, 0.3) is 21.8 Å². The maximum atomic E-state index is 11.8. The molecule has 0 unspecified atom stereocenters. The minimum Gasteiger partial charge on any atom is -0.495 e. The number of rotatable bonds is 1. The van der Waals surface area contributed by atoms with Crippen molar-refractivity contribution in [2.75, 3.05) is 7.11 Å². The fourth-order valence-corrected chi connectivity index (χ4v) is 2.28. The summed E-state index contributed by atoms with van der Waals surface area (Å²) in [4.78, 5) is 11.8. The fraction of sp³-hybridized carbons (Fsp3) is 0.167. The van der Waals surface area contributed by atoms with Crippen LogP contribution in [-0.2, 0) is 7.05 Å². The molecule has 0 aliphatic rings. The van der Waals surface area contributed by atoms with Crippen LogP contribution < -0.4 is 10.3 Å². The number of hydrogen-bond acceptors (Lipinski definition) is 3. The molecule has 0 atom stereocenters. The van der Waals surface area contributed by atoms with Crippen LogP contribution >= 0.6 is 0 Å². The van der Waals surface area contributed by atoms with Gasteiger partial charge in [0, 0.05) is 17.8 Å². The van der Waals surface area contributed by atoms with Crippen LogP contribution in [0, 0.1) is 0 Å². The predicted octanol–water partition coefficient (Wildman–Crippen LogP) is 1.42. The molecule has 0 spiro atoms. The molecule has 0 fully saturated rings. The standard InChI is InChI=1S/C12H11N3O2/c1-15-10-7(4-3-5-9(10)17-2)8-6-13-14-12(16)11(8)15/h3-6H,1-2H3,(H,14,16). The van der Waals surface area contributed by atoms with Gasteiger partial charge in [-0.2, -0.15) is 5.10 Å². The molecule has 5 heteroatoms. The molecule has 0 saturated carbocycles. The Morgan fingerprint density at radius 3 is 2.88 bits per heavy atom. The van der Waals surface area contributed by atoms with Gasteiger partial charge in [0.1, 0.15) is 11.3 Å². The van der Waals surface area contributed by atoms with E-state index in [1.54, 1.807) is 13.3 Å². The minimum absolute atomic E-state index is 0.191. The zero-order valence-electron chi connectivity index (χ0n) is 9.52. The lowest BCUT2D eigenvalue weighted by atomic mass is 10.2. The van der Waals surface area contributed by atoms with E-state index in [2.05, 4.69) is 10.2 Å². The van der Waals surface area contributed by atoms with Crippen molar-refractivity contribution in [1.82, 2.24) is 14.8 Å². The molecule has 0 amide bonds. The van der Waals surface area contributed by atoms with Gasteiger partial charge in [0.2, 0.25) is 0 Å². The van der Waals surface area contributed by atoms with E-state index in [0.29, 0.717) is 5.52 Å². The third-order valence-corrected chi connectivity index (χ3v) is 3.01. The van der Waals surface area contributed by atoms with Crippen LogP contribution in [0.15, 0.2) is 29.2 Å². The van der Waals surface area contributed by atoms with Gasteiger partial charge in [-0.05, 0) is 6.07 Å². The average molecular weight is 229 g/mol. The fourth-order valence-electron chi connectivity index (χ4n) is 2.28. The molecule has 1 N–H and O–H groups in total. The van der Waals surface area contributed by atoms with Crippen molar-refractivity contribution in [3.63, 3.8) is 0 Å². The molecule has 1 aromatic carbocycles. The Bertz CT molecular complexity index is 770. The van der Waals surface area contributed by atoms with Crippen LogP contribution in [-0.4, -0.2) is 21.9 Å². The van der Waals surface area contributed by atoms with Crippen LogP contribution in [0.5, 0.6) is 5.75 Å². The van der Waals surface area contributed by atoms with E-state index in [0.717, 1.165) is 22.0 Å². The molecule has 2 heterocycles. The van der Waals surface area contributed by atoms with Gasteiger partial charge in [-0.1, -0.05) is 12.1 Å². The molecular formula is C12H11N3O2. The Hall–Kier alpha value is -2.30. The van der Waals surface area contributed by atoms with E-state index >= 15 is 0 Å². The quantitative estimate of drug-likeness (QED) is 0.686. The molecule has 3 rings (SSSR count). The van der Waals surface area contributed by atoms with Gasteiger partial charge < -0.3 is 9.30 Å². The Balaban J connectivity index is 2.68. The second-order valence-electron chi connectivity index (χ2n) is 3.88. The Morgan fingerprint density at radius 2 is 2.12 bits per heavy atom. The summed E-state index contributed by atoms with van der Waals surface area (Å²) in [6, 6.07) is 5.74. The number of nitrogens with zero attached hydrogens (tertiary/aromatic N) is 2. The highest BCUT2D eigenvalue weighted by Crippen LogP contribution is 2.31. The van der Waals surface area contributed by atoms with E-state index in [1.807, 2.05) is 29.8 Å². The minimum atomic E-state index is -0.191. The summed E-state index contributed by atoms with van der Waals surface area (Å²) in [7, 11) is 3.47. The second-order valence-corrected chi connectivity index (χ2v) is 3.88. The molecule has 5 nitrogen and oxygen atoms in total. The number of aromatic amines is 1. The molecule has 0 saturated heterocycles. The molecule has 0 bridgehead atoms. The number of aromatic nitrogens is 3. The van der Waals surface area contributed by atoms with E-state index in [-0.39, 0.29) is 5.56 Å². The smallest absolute Gasteiger partial charge is 0.288 e. The summed E-state index contributed by atoms with van der Waals surface area (Å²) < 4.78 is 7.16. The van der Waals surface area contributed by atoms with Gasteiger partial charge >= 0.3 is 0 Å². The highest BCUT2D eigenvalue weighted by molar-refractivity contribution is 6.09. The summed E-state index contributed by atoms with van der Waals surface area (Å²) in [6.45, 7) is 0. The van der Waals surface area contributed by atoms with Crippen LogP contribution in [0.4, 0.5) is 0 Å². The first-order valence-corrected chi connectivity index (χ1v) is 5.23. The summed E-state index contributed by atoms with van der Waals surface area (Å²) >= 11 is 0. The van der Waals surface area contributed by atoms with Gasteiger partial charge in [-0.15, -0.1) is 0 Å². The van der Waals surface area contributed by atoms with Gasteiger partial charge in [0.05, 0.1) is 18.8 Å². The predicted molar refractivity (Wildman–Crippen MR) is 65.4 cm³/mol. The monoisotopic (exact) mass is 229 g/mol. The van der Waals surface area contributed by atoms with Crippen molar-refractivity contribution in [3.05, 3.63) is 34.7 Å². The largest absolute Gasteiger partial charge is 0.495 e. The van der Waals surface area contributed by atoms with E-state index in [4.69, 9.17) is 4.74 Å². The number of fused-ring (bicyclic) bond motifs is 3. The summed E-state index contributed by atoms with van der Waals surface area (Å²) in [6.07, 6.45) is 1.67. The number of benzene rings is 1. The van der Waals surface area contributed by atoms with Crippen molar-refractivity contribution in [2.45, 2.75) is 0 Å². The number of hydrogen-bond donors (Lipinski definition) is 1. The topological polar surface area (TPSA) is 59.9 Å². The average Bonchev–Trinajstić information content (AvgIpc) is 2.65. The van der Waals surface area contributed by atoms with Crippen LogP contribution in [0.1, 0.15) is 0 Å². The first kappa shape index (κ1) is 9.89. The number of methoxy groups -OCH3 is 1. The van der Waals surface area contributed by atoms with Gasteiger partial charge in [-0.25, -0.2) is 5.10 Å². The lowest BCUT2D eigenvalue weighted by molar-refractivity contribution is 0.418. The van der Waals surface area contributed by atoms with Crippen molar-refractivity contribution < 1.29 is 4.74 Å². The number of aryl methyl sites for hydroxylation is 1. The lowest BCUT2D eigenvalue weighted by Gasteiger charge is -2.03. The van der Waals surface area contributed by atoms with Crippen LogP contribution in [0.2, 0.25) is 0 Å². The first-order chi connectivity index (χ1) is 8.24. The SMILES string of the molecule is COc1cccc2c3cn[nH]c(=O)c3n(C)c12. The number of nitrogens with one attached hydrogen (secondary N) is 1. The zero-order chi connectivity index (χ0) is 12.0. The normalized spacial score (nSPS) is 11.2. The van der Waals surface area contributed by atoms with Gasteiger partial charge in [0.25, 0.3) is 5.56 Å². The highest BCUT2D eigenvalue weighted by atomic mass is 16.5. The summed E-state index contributed by atoms with van der Waals surface area (Å²) in [5.74, 6) is 0.751. The number of para-hydroxylation sites is 1. The molecule has 2 aromatic heterocycles. The van der Waals surface area contributed by atoms with Crippen molar-refractivity contribution in [1.29, 1.82) is 0 Å². The van der Waals surface area contributed by atoms with Gasteiger partial charge in [-0.3, -0.25) is 4.79 Å². The molecule has 0 aliphatic heterocycles. The van der Waals surface area contributed by atoms with Crippen LogP contribution in [0.3, 0.4) is 0 Å². The van der Waals surface area contributed by atoms with Gasteiger partial charge in [0.15, 0.2) is 0 Å². The Labute approximate surface area is 96.6 Å². The summed E-state index contributed by atoms with van der Waals surface area (Å²) in [5.41, 5.74) is 1.33. The summed E-state index contributed by atoms with van der Waals surface area (Å²) in [5, 5.41) is 8.10. The Kier molecular flexibility index (Phi) is 1.95. The lowest BCUT2D eigenvalue weighted by Crippen LogP contribution is -2.10. The van der Waals surface area contributed by atoms with Crippen molar-refractivity contribution >= 4 is 21.8 Å². The molecule has 17 heavy (non-hydrogen) atoms. The van der Waals surface area contributed by atoms with E-state index in [9.17, 15) is 4.79 Å². The third-order valence-electron chi connectivity index (χ3n) is 3.01. The molecular weight excluding hydrogens is 218 g/mol. The first-order valence-electron chi connectivity index (χ1n) is 5.23. The second kappa shape index (κ2) is 3.35. The molecule has 3 aromatic rings. The van der Waals surface area contributed by atoms with Crippen molar-refractivity contribution in [3.8, 4) is 5.75 Å². The molecule has 86 valence electrons. The molecule has 0 radical (unpaired) electrons. The maximum absolute atomic E-state index is 11.8. The number of H-pyrrole nitrogens is 1. The zero-order valence-corrected chi connectivity index (χ0v) is 9.52. The maximum Gasteiger partial charge on any atom is 0.288 e. The van der Waals surface area contributed by atoms with E-state index < -0.39 is 0 Å². The van der Waals surface area contributed by atoms with E-state index in [1.165, 1.54) is 0 Å². The highest BCUT2D eigenvalue weighted by Gasteiger charge is 2.14.